The van der Waals surface area contributed by atoms with Gasteiger partial charge in [0, 0.05) is 20.6 Å². The molecular formula is C29H48N6O6. The van der Waals surface area contributed by atoms with Crippen molar-refractivity contribution in [3.8, 4) is 0 Å². The van der Waals surface area contributed by atoms with Gasteiger partial charge in [0.2, 0.25) is 23.5 Å². The molecule has 0 aromatic heterocycles. The minimum atomic E-state index is -1.10. The van der Waals surface area contributed by atoms with E-state index >= 15 is 0 Å². The Morgan fingerprint density at radius 1 is 1.00 bits per heavy atom. The summed E-state index contributed by atoms with van der Waals surface area (Å²) >= 11 is 0. The second-order valence-corrected chi connectivity index (χ2v) is 14.2. The summed E-state index contributed by atoms with van der Waals surface area (Å²) in [7, 11) is 3.22. The van der Waals surface area contributed by atoms with Crippen LogP contribution in [0.1, 0.15) is 67.7 Å². The van der Waals surface area contributed by atoms with Gasteiger partial charge < -0.3 is 31.5 Å². The van der Waals surface area contributed by atoms with Gasteiger partial charge in [0.05, 0.1) is 6.04 Å². The number of rotatable bonds is 11. The average Bonchev–Trinajstić information content (AvgIpc) is 3.70. The first-order valence-electron chi connectivity index (χ1n) is 14.5. The zero-order valence-corrected chi connectivity index (χ0v) is 25.9. The highest BCUT2D eigenvalue weighted by atomic mass is 16.2. The van der Waals surface area contributed by atoms with Crippen molar-refractivity contribution in [2.45, 2.75) is 91.9 Å². The number of hydrogen-bond donors (Lipinski definition) is 4. The number of hydrogen-bond acceptors (Lipinski definition) is 6. The molecule has 2 saturated carbocycles. The molecule has 1 saturated heterocycles. The highest BCUT2D eigenvalue weighted by molar-refractivity contribution is 6.37. The number of nitrogens with zero attached hydrogens (tertiary/aromatic N) is 2. The van der Waals surface area contributed by atoms with Crippen molar-refractivity contribution in [1.82, 2.24) is 25.8 Å². The number of ketones is 1. The van der Waals surface area contributed by atoms with Gasteiger partial charge in [0.25, 0.3) is 5.91 Å². The maximum absolute atomic E-state index is 14.1. The van der Waals surface area contributed by atoms with E-state index in [1.54, 1.807) is 14.1 Å². The van der Waals surface area contributed by atoms with Crippen molar-refractivity contribution in [2.24, 2.45) is 40.2 Å². The lowest BCUT2D eigenvalue weighted by atomic mass is 9.85. The number of urea groups is 1. The topological polar surface area (TPSA) is 171 Å². The Balaban J connectivity index is 1.82. The lowest BCUT2D eigenvalue weighted by Crippen LogP contribution is -2.62. The maximum atomic E-state index is 14.1. The van der Waals surface area contributed by atoms with Crippen LogP contribution in [-0.4, -0.2) is 90.1 Å². The molecule has 1 heterocycles. The summed E-state index contributed by atoms with van der Waals surface area (Å²) in [5.41, 5.74) is 4.35. The van der Waals surface area contributed by atoms with Gasteiger partial charge in [0.15, 0.2) is 0 Å². The van der Waals surface area contributed by atoms with Crippen molar-refractivity contribution in [3.63, 3.8) is 0 Å². The molecule has 2 aliphatic carbocycles. The molecule has 1 aliphatic heterocycles. The van der Waals surface area contributed by atoms with Crippen molar-refractivity contribution in [2.75, 3.05) is 20.6 Å². The lowest BCUT2D eigenvalue weighted by molar-refractivity contribution is -0.145. The molecule has 0 radical (unpaired) electrons. The van der Waals surface area contributed by atoms with Gasteiger partial charge in [-0.1, -0.05) is 61.3 Å². The Labute approximate surface area is 242 Å². The number of piperidine rings is 1. The summed E-state index contributed by atoms with van der Waals surface area (Å²) in [6.07, 6.45) is 2.17. The van der Waals surface area contributed by atoms with E-state index in [0.29, 0.717) is 13.0 Å². The molecule has 230 valence electrons. The molecule has 5 N–H and O–H groups in total. The number of carbonyl (C=O) groups excluding carboxylic acids is 6. The predicted molar refractivity (Wildman–Crippen MR) is 152 cm³/mol. The summed E-state index contributed by atoms with van der Waals surface area (Å²) < 4.78 is 0. The predicted octanol–water partition coefficient (Wildman–Crippen LogP) is 0.635. The van der Waals surface area contributed by atoms with E-state index in [2.05, 4.69) is 16.0 Å². The van der Waals surface area contributed by atoms with Crippen molar-refractivity contribution in [1.29, 1.82) is 0 Å². The van der Waals surface area contributed by atoms with E-state index < -0.39 is 59.1 Å². The number of primary amides is 1. The van der Waals surface area contributed by atoms with Gasteiger partial charge in [-0.2, -0.15) is 0 Å². The molecular weight excluding hydrogens is 528 g/mol. The van der Waals surface area contributed by atoms with Crippen LogP contribution >= 0.6 is 0 Å². The van der Waals surface area contributed by atoms with E-state index in [4.69, 9.17) is 5.73 Å². The molecule has 1 unspecified atom stereocenters. The molecule has 0 bridgehead atoms. The Morgan fingerprint density at radius 2 is 1.59 bits per heavy atom. The number of nitrogens with two attached hydrogens (primary N) is 1. The SMILES string of the molecule is CC(C)[C@H](NC(=O)N[C@H](C(=O)N1C[C@H]2[C@@H]([C@H]1C(=O)NC(CC1CC1)C(=O)C(N)=O)C2(C)C)C(C)(C)C)C(=O)N(C)C. The van der Waals surface area contributed by atoms with Crippen molar-refractivity contribution in [3.05, 3.63) is 0 Å². The van der Waals surface area contributed by atoms with Gasteiger partial charge in [-0.3, -0.25) is 24.0 Å². The Hall–Kier alpha value is -3.18. The van der Waals surface area contributed by atoms with E-state index in [1.165, 1.54) is 9.80 Å². The van der Waals surface area contributed by atoms with Crippen LogP contribution in [0.5, 0.6) is 0 Å². The van der Waals surface area contributed by atoms with Gasteiger partial charge >= 0.3 is 6.03 Å². The summed E-state index contributed by atoms with van der Waals surface area (Å²) in [6.45, 7) is 13.5. The van der Waals surface area contributed by atoms with Gasteiger partial charge in [-0.05, 0) is 40.9 Å². The first-order chi connectivity index (χ1) is 18.8. The average molecular weight is 577 g/mol. The fraction of sp³-hybridized carbons (Fsp3) is 0.793. The third-order valence-corrected chi connectivity index (χ3v) is 8.95. The summed E-state index contributed by atoms with van der Waals surface area (Å²) in [5.74, 6) is -3.12. The molecule has 0 spiro atoms. The largest absolute Gasteiger partial charge is 0.363 e. The normalized spacial score (nSPS) is 24.9. The summed E-state index contributed by atoms with van der Waals surface area (Å²) in [5, 5.41) is 8.23. The molecule has 41 heavy (non-hydrogen) atoms. The quantitative estimate of drug-likeness (QED) is 0.263. The number of nitrogens with one attached hydrogen (secondary N) is 3. The van der Waals surface area contributed by atoms with Crippen LogP contribution in [0.15, 0.2) is 0 Å². The third-order valence-electron chi connectivity index (χ3n) is 8.95. The van der Waals surface area contributed by atoms with E-state index in [-0.39, 0.29) is 35.0 Å². The van der Waals surface area contributed by atoms with Gasteiger partial charge in [-0.25, -0.2) is 4.79 Å². The summed E-state index contributed by atoms with van der Waals surface area (Å²) in [4.78, 5) is 80.7. The fourth-order valence-corrected chi connectivity index (χ4v) is 6.08. The molecule has 0 aromatic carbocycles. The minimum Gasteiger partial charge on any atom is -0.363 e. The van der Waals surface area contributed by atoms with Gasteiger partial charge in [-0.15, -0.1) is 0 Å². The highest BCUT2D eigenvalue weighted by Crippen LogP contribution is 2.65. The lowest BCUT2D eigenvalue weighted by Gasteiger charge is -2.38. The van der Waals surface area contributed by atoms with E-state index in [1.807, 2.05) is 48.5 Å². The number of likely N-dealkylation sites (N-methyl/N-ethyl adjacent to an activating group) is 1. The number of Topliss-reactive ketones (excluding diaryl/α,β-unsaturated/α-hetero) is 1. The van der Waals surface area contributed by atoms with Crippen LogP contribution in [0.4, 0.5) is 4.79 Å². The molecule has 6 amide bonds. The first-order valence-corrected chi connectivity index (χ1v) is 14.5. The molecule has 3 rings (SSSR count). The fourth-order valence-electron chi connectivity index (χ4n) is 6.08. The second-order valence-electron chi connectivity index (χ2n) is 14.2. The zero-order valence-electron chi connectivity index (χ0n) is 25.9. The molecule has 0 aromatic rings. The third kappa shape index (κ3) is 7.01. The van der Waals surface area contributed by atoms with E-state index in [0.717, 1.165) is 12.8 Å². The molecule has 3 fully saturated rings. The Bertz CT molecular complexity index is 1090. The van der Waals surface area contributed by atoms with Crippen LogP contribution in [0, 0.1) is 34.5 Å². The van der Waals surface area contributed by atoms with Crippen LogP contribution < -0.4 is 21.7 Å². The van der Waals surface area contributed by atoms with Crippen LogP contribution in [0.25, 0.3) is 0 Å². The van der Waals surface area contributed by atoms with Crippen molar-refractivity contribution < 1.29 is 28.8 Å². The smallest absolute Gasteiger partial charge is 0.316 e. The number of carbonyl (C=O) groups is 6. The monoisotopic (exact) mass is 576 g/mol. The van der Waals surface area contributed by atoms with Crippen LogP contribution in [0.3, 0.4) is 0 Å². The standard InChI is InChI=1S/C29H48N6O6/c1-14(2)19(25(39)34(8)9)32-27(41)33-22(28(3,4)5)26(40)35-13-16-18(29(16,6)7)20(35)24(38)31-17(12-15-10-11-15)21(36)23(30)37/h14-20,22H,10-13H2,1-9H3,(H2,30,37)(H,31,38)(H2,32,33,41)/t16-,17?,18-,19-,20-,22+/m0/s1. The maximum Gasteiger partial charge on any atom is 0.316 e. The minimum absolute atomic E-state index is 0.0772. The highest BCUT2D eigenvalue weighted by Gasteiger charge is 2.70. The number of amides is 6. The molecule has 6 atom stereocenters. The molecule has 3 aliphatic rings. The van der Waals surface area contributed by atoms with E-state index in [9.17, 15) is 28.8 Å². The first kappa shape index (κ1) is 32.3. The Kier molecular flexibility index (Phi) is 9.15. The molecule has 12 heteroatoms. The van der Waals surface area contributed by atoms with Gasteiger partial charge in [0.1, 0.15) is 18.1 Å². The Morgan fingerprint density at radius 3 is 2.05 bits per heavy atom. The second kappa shape index (κ2) is 11.6. The number of fused-ring (bicyclic) bond motifs is 1. The van der Waals surface area contributed by atoms with Crippen LogP contribution in [0.2, 0.25) is 0 Å². The molecule has 12 nitrogen and oxygen atoms in total. The van der Waals surface area contributed by atoms with Crippen molar-refractivity contribution >= 4 is 35.4 Å². The summed E-state index contributed by atoms with van der Waals surface area (Å²) in [6, 6.07) is -4.34. The number of likely N-dealkylation sites (tertiary alicyclic amines) is 1. The zero-order chi connectivity index (χ0) is 31.2. The van der Waals surface area contributed by atoms with Crippen LogP contribution in [-0.2, 0) is 24.0 Å².